The predicted octanol–water partition coefficient (Wildman–Crippen LogP) is 1.21. The molecular formula is C10H18N2O2S. The molecule has 1 heterocycles. The number of hydrogen-bond donors (Lipinski definition) is 0. The molecule has 0 aromatic heterocycles. The lowest BCUT2D eigenvalue weighted by molar-refractivity contribution is 0.336. The van der Waals surface area contributed by atoms with E-state index in [0.29, 0.717) is 31.3 Å². The fourth-order valence-corrected chi connectivity index (χ4v) is 3.10. The van der Waals surface area contributed by atoms with Gasteiger partial charge in [0.2, 0.25) is 10.0 Å². The molecule has 1 aliphatic heterocycles. The highest BCUT2D eigenvalue weighted by molar-refractivity contribution is 7.88. The first-order chi connectivity index (χ1) is 6.99. The van der Waals surface area contributed by atoms with E-state index in [0.717, 1.165) is 12.8 Å². The molecule has 4 nitrogen and oxygen atoms in total. The van der Waals surface area contributed by atoms with Crippen LogP contribution in [0.3, 0.4) is 0 Å². The van der Waals surface area contributed by atoms with E-state index < -0.39 is 10.0 Å². The zero-order valence-corrected chi connectivity index (χ0v) is 10.1. The molecule has 15 heavy (non-hydrogen) atoms. The summed E-state index contributed by atoms with van der Waals surface area (Å²) in [5, 5.41) is 8.67. The third kappa shape index (κ3) is 3.18. The van der Waals surface area contributed by atoms with E-state index in [9.17, 15) is 8.42 Å². The first kappa shape index (κ1) is 12.5. The zero-order chi connectivity index (χ0) is 11.5. The molecule has 0 saturated carbocycles. The van der Waals surface area contributed by atoms with Crippen molar-refractivity contribution in [2.75, 3.05) is 19.3 Å². The molecular weight excluding hydrogens is 212 g/mol. The van der Waals surface area contributed by atoms with Crippen molar-refractivity contribution in [2.24, 2.45) is 11.8 Å². The molecule has 1 aliphatic rings. The van der Waals surface area contributed by atoms with Gasteiger partial charge in [0.25, 0.3) is 0 Å². The minimum atomic E-state index is -3.04. The second kappa shape index (κ2) is 4.95. The average molecular weight is 230 g/mol. The van der Waals surface area contributed by atoms with Gasteiger partial charge in [0, 0.05) is 19.5 Å². The molecule has 0 aromatic carbocycles. The molecule has 86 valence electrons. The summed E-state index contributed by atoms with van der Waals surface area (Å²) in [7, 11) is -3.04. The van der Waals surface area contributed by atoms with Gasteiger partial charge in [-0.15, -0.1) is 0 Å². The minimum Gasteiger partial charge on any atom is -0.213 e. The van der Waals surface area contributed by atoms with Crippen molar-refractivity contribution in [2.45, 2.75) is 26.2 Å². The van der Waals surface area contributed by atoms with Crippen LogP contribution < -0.4 is 0 Å². The van der Waals surface area contributed by atoms with Gasteiger partial charge >= 0.3 is 0 Å². The molecule has 0 spiro atoms. The topological polar surface area (TPSA) is 61.2 Å². The van der Waals surface area contributed by atoms with Crippen molar-refractivity contribution in [3.8, 4) is 6.07 Å². The van der Waals surface area contributed by atoms with Gasteiger partial charge in [0.1, 0.15) is 0 Å². The smallest absolute Gasteiger partial charge is 0.211 e. The third-order valence-electron chi connectivity index (χ3n) is 3.20. The van der Waals surface area contributed by atoms with Crippen LogP contribution in [-0.4, -0.2) is 32.1 Å². The highest BCUT2D eigenvalue weighted by Crippen LogP contribution is 2.29. The van der Waals surface area contributed by atoms with Crippen molar-refractivity contribution in [1.29, 1.82) is 5.26 Å². The quantitative estimate of drug-likeness (QED) is 0.729. The van der Waals surface area contributed by atoms with Gasteiger partial charge in [-0.3, -0.25) is 0 Å². The number of nitriles is 1. The van der Waals surface area contributed by atoms with Crippen LogP contribution in [0.15, 0.2) is 0 Å². The summed E-state index contributed by atoms with van der Waals surface area (Å²) in [5.41, 5.74) is 0. The van der Waals surface area contributed by atoms with Crippen LogP contribution in [0.2, 0.25) is 0 Å². The van der Waals surface area contributed by atoms with E-state index in [1.54, 1.807) is 0 Å². The Morgan fingerprint density at radius 1 is 1.60 bits per heavy atom. The molecule has 0 N–H and O–H groups in total. The van der Waals surface area contributed by atoms with Crippen LogP contribution in [0.1, 0.15) is 26.2 Å². The van der Waals surface area contributed by atoms with Crippen molar-refractivity contribution in [1.82, 2.24) is 4.31 Å². The summed E-state index contributed by atoms with van der Waals surface area (Å²) in [6.45, 7) is 3.27. The van der Waals surface area contributed by atoms with Crippen molar-refractivity contribution < 1.29 is 8.42 Å². The lowest BCUT2D eigenvalue weighted by atomic mass is 9.87. The molecule has 5 heteroatoms. The maximum absolute atomic E-state index is 11.3. The van der Waals surface area contributed by atoms with Crippen LogP contribution in [-0.2, 0) is 10.0 Å². The van der Waals surface area contributed by atoms with Crippen LogP contribution in [0.25, 0.3) is 0 Å². The Hall–Kier alpha value is -0.600. The van der Waals surface area contributed by atoms with E-state index in [2.05, 4.69) is 13.0 Å². The fraction of sp³-hybridized carbons (Fsp3) is 0.900. The summed E-state index contributed by atoms with van der Waals surface area (Å²) in [4.78, 5) is 0. The second-order valence-electron chi connectivity index (χ2n) is 4.20. The molecule has 0 bridgehead atoms. The van der Waals surface area contributed by atoms with Gasteiger partial charge in [0.05, 0.1) is 12.3 Å². The highest BCUT2D eigenvalue weighted by Gasteiger charge is 2.32. The Labute approximate surface area is 91.9 Å². The van der Waals surface area contributed by atoms with Crippen LogP contribution >= 0.6 is 0 Å². The van der Waals surface area contributed by atoms with Crippen molar-refractivity contribution >= 4 is 10.0 Å². The normalized spacial score (nSPS) is 25.0. The Balaban J connectivity index is 2.59. The molecule has 1 fully saturated rings. The Kier molecular flexibility index (Phi) is 4.12. The van der Waals surface area contributed by atoms with Crippen LogP contribution in [0.5, 0.6) is 0 Å². The van der Waals surface area contributed by atoms with Gasteiger partial charge in [-0.25, -0.2) is 12.7 Å². The van der Waals surface area contributed by atoms with Crippen LogP contribution in [0, 0.1) is 23.2 Å². The van der Waals surface area contributed by atoms with Crippen molar-refractivity contribution in [3.63, 3.8) is 0 Å². The van der Waals surface area contributed by atoms with E-state index in [-0.39, 0.29) is 0 Å². The fourth-order valence-electron chi connectivity index (χ4n) is 2.20. The predicted molar refractivity (Wildman–Crippen MR) is 58.5 cm³/mol. The zero-order valence-electron chi connectivity index (χ0n) is 9.31. The third-order valence-corrected chi connectivity index (χ3v) is 4.47. The summed E-state index contributed by atoms with van der Waals surface area (Å²) in [6.07, 6.45) is 3.64. The van der Waals surface area contributed by atoms with Gasteiger partial charge in [-0.05, 0) is 18.3 Å². The standard InChI is InChI=1S/C10H18N2O2S/c1-3-9(4-6-11)10-5-7-12(8-10)15(2,13)14/h9-10H,3-5,7-8H2,1-2H3. The molecule has 2 unspecified atom stereocenters. The molecule has 1 saturated heterocycles. The molecule has 1 rings (SSSR count). The number of hydrogen-bond acceptors (Lipinski definition) is 3. The largest absolute Gasteiger partial charge is 0.213 e. The van der Waals surface area contributed by atoms with E-state index in [1.807, 2.05) is 0 Å². The lowest BCUT2D eigenvalue weighted by Crippen LogP contribution is -2.28. The first-order valence-corrected chi connectivity index (χ1v) is 7.16. The van der Waals surface area contributed by atoms with Gasteiger partial charge in [-0.2, -0.15) is 5.26 Å². The van der Waals surface area contributed by atoms with E-state index in [4.69, 9.17) is 5.26 Å². The monoisotopic (exact) mass is 230 g/mol. The number of sulfonamides is 1. The Morgan fingerprint density at radius 3 is 2.67 bits per heavy atom. The second-order valence-corrected chi connectivity index (χ2v) is 6.18. The summed E-state index contributed by atoms with van der Waals surface area (Å²) >= 11 is 0. The molecule has 0 radical (unpaired) electrons. The maximum atomic E-state index is 11.3. The number of nitrogens with zero attached hydrogens (tertiary/aromatic N) is 2. The Bertz CT molecular complexity index is 345. The molecule has 0 amide bonds. The average Bonchev–Trinajstić information content (AvgIpc) is 2.62. The first-order valence-electron chi connectivity index (χ1n) is 5.31. The summed E-state index contributed by atoms with van der Waals surface area (Å²) < 4.78 is 24.1. The summed E-state index contributed by atoms with van der Waals surface area (Å²) in [6, 6.07) is 2.18. The van der Waals surface area contributed by atoms with Gasteiger partial charge in [0.15, 0.2) is 0 Å². The molecule has 2 atom stereocenters. The Morgan fingerprint density at radius 2 is 2.27 bits per heavy atom. The lowest BCUT2D eigenvalue weighted by Gasteiger charge is -2.19. The van der Waals surface area contributed by atoms with E-state index in [1.165, 1.54) is 10.6 Å². The van der Waals surface area contributed by atoms with E-state index >= 15 is 0 Å². The molecule has 0 aliphatic carbocycles. The van der Waals surface area contributed by atoms with Crippen molar-refractivity contribution in [3.05, 3.63) is 0 Å². The summed E-state index contributed by atoms with van der Waals surface area (Å²) in [5.74, 6) is 0.714. The maximum Gasteiger partial charge on any atom is 0.211 e. The number of rotatable bonds is 4. The minimum absolute atomic E-state index is 0.349. The van der Waals surface area contributed by atoms with Gasteiger partial charge < -0.3 is 0 Å². The highest BCUT2D eigenvalue weighted by atomic mass is 32.2. The molecule has 0 aromatic rings. The van der Waals surface area contributed by atoms with Gasteiger partial charge in [-0.1, -0.05) is 13.3 Å². The van der Waals surface area contributed by atoms with Crippen LogP contribution in [0.4, 0.5) is 0 Å². The SMILES string of the molecule is CCC(CC#N)C1CCN(S(C)(=O)=O)C1.